The van der Waals surface area contributed by atoms with Crippen LogP contribution in [0.5, 0.6) is 0 Å². The molecule has 2 saturated carbocycles. The summed E-state index contributed by atoms with van der Waals surface area (Å²) in [5.74, 6) is 2.72. The Bertz CT molecular complexity index is 457. The molecule has 2 fully saturated rings. The number of hydrogen-bond donors (Lipinski definition) is 1. The topological polar surface area (TPSA) is 42.0 Å². The van der Waals surface area contributed by atoms with E-state index in [0.29, 0.717) is 6.42 Å². The molecule has 0 aliphatic heterocycles. The number of nitrogens with zero attached hydrogens (tertiary/aromatic N) is 1. The molecule has 2 aliphatic rings. The normalized spacial score (nSPS) is 28.8. The van der Waals surface area contributed by atoms with E-state index in [-0.39, 0.29) is 5.91 Å². The molecule has 0 radical (unpaired) electrons. The van der Waals surface area contributed by atoms with Crippen molar-refractivity contribution in [3.8, 4) is 0 Å². The first-order chi connectivity index (χ1) is 9.24. The Kier molecular flexibility index (Phi) is 3.87. The number of nitrogens with one attached hydrogen (secondary N) is 1. The third-order valence-electron chi connectivity index (χ3n) is 4.69. The van der Waals surface area contributed by atoms with Crippen LogP contribution in [0.4, 0.5) is 0 Å². The van der Waals surface area contributed by atoms with E-state index < -0.39 is 0 Å². The zero-order valence-corrected chi connectivity index (χ0v) is 12.3. The SMILES string of the molecule is CCc1nc(CC(=O)NC[C@H]2C[C@H]3CC[C@H]2C3)cs1. The van der Waals surface area contributed by atoms with Crippen LogP contribution in [-0.2, 0) is 17.6 Å². The average molecular weight is 278 g/mol. The molecule has 3 nitrogen and oxygen atoms in total. The van der Waals surface area contributed by atoms with E-state index in [1.54, 1.807) is 11.3 Å². The van der Waals surface area contributed by atoms with E-state index in [0.717, 1.165) is 41.4 Å². The first-order valence-corrected chi connectivity index (χ1v) is 8.32. The standard InChI is InChI=1S/C15H22N2OS/c1-2-15-17-13(9-19-15)7-14(18)16-8-12-6-10-3-4-11(12)5-10/h9-12H,2-8H2,1H3,(H,16,18)/t10-,11-,12+/m0/s1. The van der Waals surface area contributed by atoms with Crippen LogP contribution in [0.3, 0.4) is 0 Å². The van der Waals surface area contributed by atoms with Gasteiger partial charge in [0.2, 0.25) is 5.91 Å². The summed E-state index contributed by atoms with van der Waals surface area (Å²) in [6.45, 7) is 2.97. The van der Waals surface area contributed by atoms with Crippen molar-refractivity contribution in [3.05, 3.63) is 16.1 Å². The van der Waals surface area contributed by atoms with Crippen molar-refractivity contribution in [1.82, 2.24) is 10.3 Å². The Morgan fingerprint density at radius 1 is 1.47 bits per heavy atom. The maximum Gasteiger partial charge on any atom is 0.226 e. The van der Waals surface area contributed by atoms with E-state index >= 15 is 0 Å². The number of amides is 1. The number of aryl methyl sites for hydroxylation is 1. The van der Waals surface area contributed by atoms with E-state index in [4.69, 9.17) is 0 Å². The van der Waals surface area contributed by atoms with Crippen LogP contribution in [0.15, 0.2) is 5.38 Å². The minimum atomic E-state index is 0.135. The van der Waals surface area contributed by atoms with Crippen LogP contribution in [0.25, 0.3) is 0 Å². The third kappa shape index (κ3) is 2.99. The van der Waals surface area contributed by atoms with Crippen molar-refractivity contribution in [2.45, 2.75) is 45.4 Å². The Morgan fingerprint density at radius 2 is 2.37 bits per heavy atom. The number of carbonyl (C=O) groups is 1. The lowest BCUT2D eigenvalue weighted by molar-refractivity contribution is -0.120. The highest BCUT2D eigenvalue weighted by atomic mass is 32.1. The van der Waals surface area contributed by atoms with Gasteiger partial charge >= 0.3 is 0 Å². The summed E-state index contributed by atoms with van der Waals surface area (Å²) in [6.07, 6.45) is 6.95. The van der Waals surface area contributed by atoms with Crippen molar-refractivity contribution >= 4 is 17.2 Å². The van der Waals surface area contributed by atoms with Crippen LogP contribution in [0.2, 0.25) is 0 Å². The second-order valence-corrected chi connectivity index (χ2v) is 6.94. The highest BCUT2D eigenvalue weighted by molar-refractivity contribution is 7.09. The predicted molar refractivity (Wildman–Crippen MR) is 77.1 cm³/mol. The van der Waals surface area contributed by atoms with Gasteiger partial charge in [-0.3, -0.25) is 4.79 Å². The molecular weight excluding hydrogens is 256 g/mol. The summed E-state index contributed by atoms with van der Waals surface area (Å²) in [5, 5.41) is 6.24. The number of aromatic nitrogens is 1. The fourth-order valence-corrected chi connectivity index (χ4v) is 4.44. The van der Waals surface area contributed by atoms with Crippen LogP contribution in [0, 0.1) is 17.8 Å². The molecule has 1 aromatic rings. The molecule has 0 spiro atoms. The van der Waals surface area contributed by atoms with Gasteiger partial charge in [-0.05, 0) is 43.4 Å². The summed E-state index contributed by atoms with van der Waals surface area (Å²) in [7, 11) is 0. The molecule has 1 aromatic heterocycles. The maximum atomic E-state index is 11.9. The fourth-order valence-electron chi connectivity index (χ4n) is 3.69. The Hall–Kier alpha value is -0.900. The summed E-state index contributed by atoms with van der Waals surface area (Å²) >= 11 is 1.65. The molecule has 104 valence electrons. The van der Waals surface area contributed by atoms with Gasteiger partial charge in [-0.2, -0.15) is 0 Å². The summed E-state index contributed by atoms with van der Waals surface area (Å²) in [5.41, 5.74) is 0.923. The lowest BCUT2D eigenvalue weighted by Gasteiger charge is -2.21. The third-order valence-corrected chi connectivity index (χ3v) is 5.73. The van der Waals surface area contributed by atoms with Gasteiger partial charge in [0.1, 0.15) is 0 Å². The first kappa shape index (κ1) is 13.1. The highest BCUT2D eigenvalue weighted by Gasteiger charge is 2.39. The van der Waals surface area contributed by atoms with Gasteiger partial charge in [-0.25, -0.2) is 4.98 Å². The second-order valence-electron chi connectivity index (χ2n) is 6.00. The molecule has 1 heterocycles. The molecule has 1 N–H and O–H groups in total. The summed E-state index contributed by atoms with van der Waals surface area (Å²) in [4.78, 5) is 16.4. The first-order valence-electron chi connectivity index (χ1n) is 7.44. The van der Waals surface area contributed by atoms with E-state index in [9.17, 15) is 4.79 Å². The molecule has 0 aromatic carbocycles. The number of thiazole rings is 1. The highest BCUT2D eigenvalue weighted by Crippen LogP contribution is 2.47. The molecule has 3 rings (SSSR count). The minimum absolute atomic E-state index is 0.135. The molecule has 0 unspecified atom stereocenters. The molecule has 3 atom stereocenters. The van der Waals surface area contributed by atoms with Crippen molar-refractivity contribution in [2.75, 3.05) is 6.54 Å². The molecule has 19 heavy (non-hydrogen) atoms. The largest absolute Gasteiger partial charge is 0.355 e. The van der Waals surface area contributed by atoms with Gasteiger partial charge < -0.3 is 5.32 Å². The van der Waals surface area contributed by atoms with Gasteiger partial charge in [0.05, 0.1) is 17.1 Å². The van der Waals surface area contributed by atoms with Gasteiger partial charge in [-0.15, -0.1) is 11.3 Å². The monoisotopic (exact) mass is 278 g/mol. The Labute approximate surface area is 118 Å². The second kappa shape index (κ2) is 5.61. The zero-order valence-electron chi connectivity index (χ0n) is 11.5. The minimum Gasteiger partial charge on any atom is -0.355 e. The van der Waals surface area contributed by atoms with Crippen LogP contribution in [0.1, 0.15) is 43.3 Å². The maximum absolute atomic E-state index is 11.9. The van der Waals surface area contributed by atoms with Crippen LogP contribution < -0.4 is 5.32 Å². The zero-order chi connectivity index (χ0) is 13.2. The summed E-state index contributed by atoms with van der Waals surface area (Å²) in [6, 6.07) is 0. The molecule has 2 aliphatic carbocycles. The predicted octanol–water partition coefficient (Wildman–Crippen LogP) is 2.80. The van der Waals surface area contributed by atoms with Crippen molar-refractivity contribution < 1.29 is 4.79 Å². The Balaban J connectivity index is 1.44. The Morgan fingerprint density at radius 3 is 3.00 bits per heavy atom. The van der Waals surface area contributed by atoms with E-state index in [2.05, 4.69) is 17.2 Å². The average Bonchev–Trinajstić information content (AvgIpc) is 3.12. The van der Waals surface area contributed by atoms with Gasteiger partial charge in [0, 0.05) is 11.9 Å². The summed E-state index contributed by atoms with van der Waals surface area (Å²) < 4.78 is 0. The number of rotatable bonds is 5. The lowest BCUT2D eigenvalue weighted by atomic mass is 9.89. The van der Waals surface area contributed by atoms with Crippen LogP contribution in [-0.4, -0.2) is 17.4 Å². The van der Waals surface area contributed by atoms with E-state index in [1.165, 1.54) is 25.7 Å². The quantitative estimate of drug-likeness (QED) is 0.900. The van der Waals surface area contributed by atoms with Crippen molar-refractivity contribution in [1.29, 1.82) is 0 Å². The lowest BCUT2D eigenvalue weighted by Crippen LogP contribution is -2.32. The van der Waals surface area contributed by atoms with Gasteiger partial charge in [0.15, 0.2) is 0 Å². The number of fused-ring (bicyclic) bond motifs is 2. The van der Waals surface area contributed by atoms with E-state index in [1.807, 2.05) is 5.38 Å². The molecule has 2 bridgehead atoms. The fraction of sp³-hybridized carbons (Fsp3) is 0.733. The van der Waals surface area contributed by atoms with Crippen LogP contribution >= 0.6 is 11.3 Å². The van der Waals surface area contributed by atoms with Gasteiger partial charge in [-0.1, -0.05) is 13.3 Å². The van der Waals surface area contributed by atoms with Crippen molar-refractivity contribution in [3.63, 3.8) is 0 Å². The van der Waals surface area contributed by atoms with Gasteiger partial charge in [0.25, 0.3) is 0 Å². The van der Waals surface area contributed by atoms with Crippen molar-refractivity contribution in [2.24, 2.45) is 17.8 Å². The smallest absolute Gasteiger partial charge is 0.226 e. The molecule has 4 heteroatoms. The number of carbonyl (C=O) groups excluding carboxylic acids is 1. The number of hydrogen-bond acceptors (Lipinski definition) is 3. The molecule has 1 amide bonds. The molecule has 0 saturated heterocycles. The molecular formula is C15H22N2OS.